The van der Waals surface area contributed by atoms with Gasteiger partial charge in [-0.15, -0.1) is 0 Å². The molecule has 3 rings (SSSR count). The minimum absolute atomic E-state index is 0.0501. The minimum Gasteiger partial charge on any atom is -0.452 e. The van der Waals surface area contributed by atoms with Crippen LogP contribution in [0.25, 0.3) is 5.69 Å². The van der Waals surface area contributed by atoms with Gasteiger partial charge in [-0.3, -0.25) is 19.1 Å². The predicted octanol–water partition coefficient (Wildman–Crippen LogP) is 4.00. The lowest BCUT2D eigenvalue weighted by atomic mass is 10.2. The summed E-state index contributed by atoms with van der Waals surface area (Å²) in [7, 11) is 0.787. The topological polar surface area (TPSA) is 88.8 Å². The van der Waals surface area contributed by atoms with Crippen molar-refractivity contribution in [3.8, 4) is 22.9 Å². The number of nitrogens with zero attached hydrogens (tertiary/aromatic N) is 2. The molecule has 1 aromatic heterocycles. The number of rotatable bonds is 5. The number of aromatic nitrogens is 2. The van der Waals surface area contributed by atoms with Crippen LogP contribution in [-0.2, 0) is 22.9 Å². The summed E-state index contributed by atoms with van der Waals surface area (Å²) in [6.07, 6.45) is -4.98. The Bertz CT molecular complexity index is 1350. The van der Waals surface area contributed by atoms with Crippen LogP contribution in [0.2, 0.25) is 5.02 Å². The van der Waals surface area contributed by atoms with Crippen molar-refractivity contribution >= 4 is 17.6 Å². The zero-order valence-corrected chi connectivity index (χ0v) is 17.5. The molecule has 0 atom stereocenters. The Morgan fingerprint density at radius 3 is 2.27 bits per heavy atom. The zero-order valence-electron chi connectivity index (χ0n) is 16.8. The van der Waals surface area contributed by atoms with Gasteiger partial charge >= 0.3 is 17.8 Å². The van der Waals surface area contributed by atoms with Crippen molar-refractivity contribution in [1.29, 1.82) is 0 Å². The molecule has 0 saturated carbocycles. The molecule has 8 nitrogen and oxygen atoms in total. The van der Waals surface area contributed by atoms with E-state index in [-0.39, 0.29) is 37.5 Å². The highest BCUT2D eigenvalue weighted by Gasteiger charge is 2.35. The Kier molecular flexibility index (Phi) is 6.49. The number of alkyl halides is 3. The molecule has 0 aliphatic rings. The van der Waals surface area contributed by atoms with Crippen LogP contribution in [0, 0.1) is 5.82 Å². The lowest BCUT2D eigenvalue weighted by Gasteiger charge is -2.16. The molecule has 33 heavy (non-hydrogen) atoms. The number of hydrogen-bond acceptors (Lipinski definition) is 6. The van der Waals surface area contributed by atoms with E-state index in [0.29, 0.717) is 6.07 Å². The number of benzene rings is 2. The number of para-hydroxylation sites is 2. The molecule has 0 aliphatic heterocycles. The van der Waals surface area contributed by atoms with Crippen molar-refractivity contribution < 1.29 is 36.9 Å². The van der Waals surface area contributed by atoms with Crippen LogP contribution in [0.1, 0.15) is 12.6 Å². The maximum atomic E-state index is 14.6. The van der Waals surface area contributed by atoms with Gasteiger partial charge in [0.05, 0.1) is 10.7 Å². The Morgan fingerprint density at radius 2 is 1.67 bits per heavy atom. The summed E-state index contributed by atoms with van der Waals surface area (Å²) in [5, 5.41) is -0.296. The first kappa shape index (κ1) is 23.9. The van der Waals surface area contributed by atoms with Gasteiger partial charge < -0.3 is 4.74 Å². The number of ether oxygens (including phenoxy) is 1. The molecule has 0 unspecified atom stereocenters. The van der Waals surface area contributed by atoms with E-state index in [1.165, 1.54) is 24.3 Å². The number of halogens is 5. The largest absolute Gasteiger partial charge is 0.452 e. The van der Waals surface area contributed by atoms with E-state index in [0.717, 1.165) is 20.0 Å². The maximum absolute atomic E-state index is 14.6. The van der Waals surface area contributed by atoms with E-state index in [1.807, 2.05) is 0 Å². The molecule has 3 aromatic rings. The summed E-state index contributed by atoms with van der Waals surface area (Å²) in [6.45, 7) is 1.09. The molecule has 0 N–H and O–H groups in total. The SMILES string of the molecule is CC(=O)OOc1ccccc1Oc1cc(-n2c(=O)cc(C(F)(F)F)n(C)c2=O)c(F)cc1Cl. The summed E-state index contributed by atoms with van der Waals surface area (Å²) >= 11 is 6.00. The fourth-order valence-electron chi connectivity index (χ4n) is 2.71. The smallest absolute Gasteiger partial charge is 0.431 e. The van der Waals surface area contributed by atoms with Crippen LogP contribution in [0.15, 0.2) is 52.1 Å². The number of carbonyl (C=O) groups excluding carboxylic acids is 1. The van der Waals surface area contributed by atoms with Gasteiger partial charge in [-0.1, -0.05) is 23.7 Å². The normalized spacial score (nSPS) is 11.2. The predicted molar refractivity (Wildman–Crippen MR) is 106 cm³/mol. The van der Waals surface area contributed by atoms with Gasteiger partial charge in [0.2, 0.25) is 5.75 Å². The van der Waals surface area contributed by atoms with Crippen LogP contribution >= 0.6 is 11.6 Å². The molecule has 13 heteroatoms. The second kappa shape index (κ2) is 8.98. The summed E-state index contributed by atoms with van der Waals surface area (Å²) in [5.74, 6) is -2.33. The van der Waals surface area contributed by atoms with Crippen LogP contribution in [0.5, 0.6) is 17.2 Å². The van der Waals surface area contributed by atoms with Gasteiger partial charge in [0.15, 0.2) is 5.75 Å². The molecule has 174 valence electrons. The Labute approximate surface area is 187 Å². The standard InChI is InChI=1S/C20H13ClF4N2O6/c1-10(28)32-33-15-6-4-3-5-14(15)31-16-8-13(12(22)7-11(16)21)27-18(29)9-17(20(23,24)25)26(2)19(27)30/h3-9H,1-2H3. The Hall–Kier alpha value is -3.80. The Balaban J connectivity index is 2.12. The van der Waals surface area contributed by atoms with Gasteiger partial charge in [-0.2, -0.15) is 13.2 Å². The van der Waals surface area contributed by atoms with Crippen molar-refractivity contribution in [3.63, 3.8) is 0 Å². The molecule has 0 amide bonds. The second-order valence-corrected chi connectivity index (χ2v) is 6.89. The molecule has 1 heterocycles. The third kappa shape index (κ3) is 5.00. The van der Waals surface area contributed by atoms with Gasteiger partial charge in [0.25, 0.3) is 5.56 Å². The van der Waals surface area contributed by atoms with Crippen molar-refractivity contribution in [1.82, 2.24) is 9.13 Å². The van der Waals surface area contributed by atoms with Crippen LogP contribution in [-0.4, -0.2) is 15.1 Å². The quantitative estimate of drug-likeness (QED) is 0.306. The van der Waals surface area contributed by atoms with E-state index in [4.69, 9.17) is 21.2 Å². The van der Waals surface area contributed by atoms with Crippen molar-refractivity contribution in [3.05, 3.63) is 79.8 Å². The number of carbonyl (C=O) groups is 1. The minimum atomic E-state index is -4.98. The summed E-state index contributed by atoms with van der Waals surface area (Å²) < 4.78 is 59.8. The third-order valence-corrected chi connectivity index (χ3v) is 4.47. The van der Waals surface area contributed by atoms with Crippen LogP contribution < -0.4 is 20.9 Å². The highest BCUT2D eigenvalue weighted by Crippen LogP contribution is 2.37. The monoisotopic (exact) mass is 488 g/mol. The van der Waals surface area contributed by atoms with Crippen molar-refractivity contribution in [2.24, 2.45) is 7.05 Å². The zero-order chi connectivity index (χ0) is 24.5. The van der Waals surface area contributed by atoms with E-state index in [2.05, 4.69) is 4.89 Å². The summed E-state index contributed by atoms with van der Waals surface area (Å²) in [4.78, 5) is 45.0. The summed E-state index contributed by atoms with van der Waals surface area (Å²) in [6, 6.07) is 7.52. The van der Waals surface area contributed by atoms with Gasteiger partial charge in [0, 0.05) is 26.1 Å². The highest BCUT2D eigenvalue weighted by molar-refractivity contribution is 6.32. The summed E-state index contributed by atoms with van der Waals surface area (Å²) in [5.41, 5.74) is -5.07. The molecular formula is C20H13ClF4N2O6. The second-order valence-electron chi connectivity index (χ2n) is 6.48. The molecule has 0 radical (unpaired) electrons. The first-order valence-corrected chi connectivity index (χ1v) is 9.29. The average molecular weight is 489 g/mol. The highest BCUT2D eigenvalue weighted by atomic mass is 35.5. The lowest BCUT2D eigenvalue weighted by molar-refractivity contribution is -0.211. The van der Waals surface area contributed by atoms with Crippen molar-refractivity contribution in [2.75, 3.05) is 0 Å². The van der Waals surface area contributed by atoms with E-state index < -0.39 is 40.6 Å². The molecule has 0 aliphatic carbocycles. The maximum Gasteiger partial charge on any atom is 0.431 e. The first-order valence-electron chi connectivity index (χ1n) is 8.92. The fourth-order valence-corrected chi connectivity index (χ4v) is 2.90. The molecule has 0 saturated heterocycles. The van der Waals surface area contributed by atoms with Crippen LogP contribution in [0.4, 0.5) is 17.6 Å². The molecular weight excluding hydrogens is 476 g/mol. The lowest BCUT2D eigenvalue weighted by Crippen LogP contribution is -2.41. The van der Waals surface area contributed by atoms with E-state index in [1.54, 1.807) is 0 Å². The van der Waals surface area contributed by atoms with Gasteiger partial charge in [-0.25, -0.2) is 18.5 Å². The molecule has 2 aromatic carbocycles. The first-order chi connectivity index (χ1) is 15.4. The fraction of sp³-hybridized carbons (Fsp3) is 0.150. The molecule has 0 fully saturated rings. The van der Waals surface area contributed by atoms with E-state index >= 15 is 0 Å². The van der Waals surface area contributed by atoms with E-state index in [9.17, 15) is 31.9 Å². The van der Waals surface area contributed by atoms with Crippen LogP contribution in [0.3, 0.4) is 0 Å². The van der Waals surface area contributed by atoms with Gasteiger partial charge in [-0.05, 0) is 18.2 Å². The number of hydrogen-bond donors (Lipinski definition) is 0. The van der Waals surface area contributed by atoms with Crippen molar-refractivity contribution in [2.45, 2.75) is 13.1 Å². The molecule has 0 spiro atoms. The third-order valence-electron chi connectivity index (χ3n) is 4.17. The molecule has 0 bridgehead atoms. The van der Waals surface area contributed by atoms with Gasteiger partial charge in [0.1, 0.15) is 17.3 Å². The Morgan fingerprint density at radius 1 is 1.03 bits per heavy atom. The average Bonchev–Trinajstić information content (AvgIpc) is 2.72.